The number of hydrogen-bond acceptors (Lipinski definition) is 17. The molecule has 1 saturated heterocycles. The molecule has 0 aromatic carbocycles. The second-order valence-corrected chi connectivity index (χ2v) is 20.2. The van der Waals surface area contributed by atoms with Crippen LogP contribution in [0.1, 0.15) is 131 Å². The smallest absolute Gasteiger partial charge is 0.330 e. The molecule has 1 rings (SSSR count). The number of Topliss-reactive ketones (excluding diaryl/α,β-unsaturated/α-hetero) is 4. The minimum atomic E-state index is -1.65. The molecule has 0 radical (unpaired) electrons. The minimum Gasteiger partial charge on any atom is -0.481 e. The summed E-state index contributed by atoms with van der Waals surface area (Å²) in [5, 5.41) is 49.0. The Morgan fingerprint density at radius 1 is 0.662 bits per heavy atom. The maximum absolute atomic E-state index is 14.1. The number of carboxylic acid groups (broad SMARTS) is 2. The average Bonchev–Trinajstić information content (AvgIpc) is 3.83. The SMILES string of the molecule is COC(=O)/C=C/CC[C@H](CC(=O)[C@H](CC(N)=O)NC(C)=O)C(=O)N[C@@H](CCC(=O)O)C(=O)C[C@@H](CCC(N)=O)C(=O)N[C@H](C(=O)C[C@@H](CO)C(=O)N1CCC[C@H]1C(=O)C[C@@H](CC(C)C)C(=O)N[C@H](C(=O)O)C(C)O)C(C)C. The van der Waals surface area contributed by atoms with E-state index in [4.69, 9.17) is 11.5 Å². The molecule has 0 aliphatic carbocycles. The Morgan fingerprint density at radius 3 is 1.73 bits per heavy atom. The van der Waals surface area contributed by atoms with Crippen molar-refractivity contribution in [2.24, 2.45) is 47.0 Å². The molecule has 0 spiro atoms. The number of primary amides is 2. The topological polar surface area (TPSA) is 433 Å². The second kappa shape index (κ2) is 33.9. The fraction of sp³-hybridized carbons (Fsp3) is 0.686. The summed E-state index contributed by atoms with van der Waals surface area (Å²) in [5.41, 5.74) is 10.7. The number of allylic oxidation sites excluding steroid dienone is 1. The summed E-state index contributed by atoms with van der Waals surface area (Å²) in [6.45, 7) is 8.13. The first-order valence-corrected chi connectivity index (χ1v) is 25.6. The number of nitrogens with two attached hydrogens (primary N) is 2. The Morgan fingerprint density at radius 2 is 1.22 bits per heavy atom. The number of carbonyl (C=O) groups is 14. The van der Waals surface area contributed by atoms with Crippen molar-refractivity contribution in [3.8, 4) is 0 Å². The van der Waals surface area contributed by atoms with Crippen molar-refractivity contribution < 1.29 is 92.3 Å². The number of aliphatic carboxylic acids is 2. The molecule has 1 aliphatic rings. The predicted octanol–water partition coefficient (Wildman–Crippen LogP) is -1.09. The van der Waals surface area contributed by atoms with E-state index in [1.807, 2.05) is 0 Å². The summed E-state index contributed by atoms with van der Waals surface area (Å²) in [7, 11) is 1.13. The first kappa shape index (κ1) is 68.1. The zero-order valence-corrected chi connectivity index (χ0v) is 44.9. The molecule has 26 heteroatoms. The first-order valence-electron chi connectivity index (χ1n) is 25.6. The molecular formula is C51H79N7O19. The second-order valence-electron chi connectivity index (χ2n) is 20.2. The van der Waals surface area contributed by atoms with Gasteiger partial charge in [0.2, 0.25) is 41.4 Å². The molecule has 1 unspecified atom stereocenters. The molecule has 0 saturated carbocycles. The summed E-state index contributed by atoms with van der Waals surface area (Å²) >= 11 is 0. The van der Waals surface area contributed by atoms with Gasteiger partial charge in [-0.05, 0) is 63.7 Å². The van der Waals surface area contributed by atoms with Gasteiger partial charge in [0.15, 0.2) is 29.2 Å². The van der Waals surface area contributed by atoms with Crippen LogP contribution in [0, 0.1) is 35.5 Å². The van der Waals surface area contributed by atoms with E-state index < -0.39 is 200 Å². The van der Waals surface area contributed by atoms with Gasteiger partial charge in [-0.15, -0.1) is 0 Å². The average molecular weight is 1090 g/mol. The molecule has 0 bridgehead atoms. The zero-order chi connectivity index (χ0) is 58.9. The number of nitrogens with zero attached hydrogens (tertiary/aromatic N) is 1. The lowest BCUT2D eigenvalue weighted by molar-refractivity contribution is -0.146. The molecule has 432 valence electrons. The van der Waals surface area contributed by atoms with E-state index in [1.54, 1.807) is 27.7 Å². The highest BCUT2D eigenvalue weighted by Crippen LogP contribution is 2.27. The van der Waals surface area contributed by atoms with Crippen LogP contribution in [0.2, 0.25) is 0 Å². The van der Waals surface area contributed by atoms with Gasteiger partial charge in [-0.3, -0.25) is 57.5 Å². The van der Waals surface area contributed by atoms with E-state index >= 15 is 0 Å². The number of amides is 7. The number of rotatable bonds is 38. The quantitative estimate of drug-likeness (QED) is 0.0259. The third-order valence-corrected chi connectivity index (χ3v) is 12.9. The molecule has 77 heavy (non-hydrogen) atoms. The normalized spacial score (nSPS) is 16.9. The molecule has 12 N–H and O–H groups in total. The number of likely N-dealkylation sites (tertiary alicyclic amines) is 1. The number of ketones is 4. The van der Waals surface area contributed by atoms with Crippen LogP contribution in [0.5, 0.6) is 0 Å². The number of aliphatic hydroxyl groups is 2. The van der Waals surface area contributed by atoms with Gasteiger partial charge in [-0.25, -0.2) is 9.59 Å². The van der Waals surface area contributed by atoms with Crippen molar-refractivity contribution in [3.63, 3.8) is 0 Å². The number of carbonyl (C=O) groups excluding carboxylic acids is 12. The van der Waals surface area contributed by atoms with Crippen LogP contribution in [0.4, 0.5) is 0 Å². The lowest BCUT2D eigenvalue weighted by atomic mass is 9.88. The Labute approximate surface area is 446 Å². The fourth-order valence-corrected chi connectivity index (χ4v) is 8.83. The number of hydrogen-bond donors (Lipinski definition) is 10. The van der Waals surface area contributed by atoms with Crippen molar-refractivity contribution >= 4 is 82.4 Å². The molecule has 0 aromatic rings. The van der Waals surface area contributed by atoms with Crippen LogP contribution in [0.3, 0.4) is 0 Å². The number of carboxylic acids is 2. The molecule has 26 nitrogen and oxygen atoms in total. The van der Waals surface area contributed by atoms with E-state index in [2.05, 4.69) is 26.0 Å². The van der Waals surface area contributed by atoms with Crippen LogP contribution in [-0.2, 0) is 71.9 Å². The fourth-order valence-electron chi connectivity index (χ4n) is 8.83. The van der Waals surface area contributed by atoms with Crippen molar-refractivity contribution in [2.75, 3.05) is 20.3 Å². The van der Waals surface area contributed by atoms with E-state index in [-0.39, 0.29) is 51.0 Å². The summed E-state index contributed by atoms with van der Waals surface area (Å²) in [6, 6.07) is -7.14. The van der Waals surface area contributed by atoms with Crippen LogP contribution >= 0.6 is 0 Å². The van der Waals surface area contributed by atoms with E-state index in [0.29, 0.717) is 6.42 Å². The Kier molecular flexibility index (Phi) is 30.0. The number of methoxy groups -OCH3 is 1. The lowest BCUT2D eigenvalue weighted by Gasteiger charge is -2.30. The molecule has 1 aliphatic heterocycles. The number of esters is 1. The highest BCUT2D eigenvalue weighted by atomic mass is 16.5. The van der Waals surface area contributed by atoms with Gasteiger partial charge in [0, 0.05) is 75.8 Å². The Hall–Kier alpha value is -6.96. The van der Waals surface area contributed by atoms with Gasteiger partial charge >= 0.3 is 17.9 Å². The highest BCUT2D eigenvalue weighted by Gasteiger charge is 2.41. The van der Waals surface area contributed by atoms with Crippen LogP contribution in [0.25, 0.3) is 0 Å². The van der Waals surface area contributed by atoms with Crippen LogP contribution in [0.15, 0.2) is 12.2 Å². The molecule has 1 heterocycles. The van der Waals surface area contributed by atoms with Gasteiger partial charge in [-0.1, -0.05) is 33.8 Å². The van der Waals surface area contributed by atoms with Gasteiger partial charge in [0.05, 0.1) is 56.3 Å². The number of aliphatic hydroxyl groups excluding tert-OH is 2. The Balaban J connectivity index is 3.46. The van der Waals surface area contributed by atoms with Gasteiger partial charge in [0.25, 0.3) is 0 Å². The lowest BCUT2D eigenvalue weighted by Crippen LogP contribution is -2.51. The standard InChI is InChI=1S/C51H79N7O19/c1-26(2)19-32(49(73)57-46(28(5)60)51(75)76)22-39(64)36-12-10-18-58(36)50(74)33(25-59)23-40(65)45(27(3)4)56-48(72)31(14-16-41(52)66)21-37(62)34(15-17-43(68)69)55-47(71)30(11-8-9-13-44(70)77-7)20-38(63)35(24-42(53)67)54-29(6)61/h9,13,26-28,30-36,45-46,59-60H,8,10-12,14-25H2,1-7H3,(H2,52,66)(H2,53,67)(H,54,61)(H,55,71)(H,56,72)(H,57,73)(H,68,69)(H,75,76)/b13-9+/t28?,30-,31-,32-,33+,34+,35+,36+,45+,46+/m1/s1. The summed E-state index contributed by atoms with van der Waals surface area (Å²) in [6.07, 6.45) is -3.61. The first-order chi connectivity index (χ1) is 35.9. The maximum Gasteiger partial charge on any atom is 0.330 e. The van der Waals surface area contributed by atoms with Gasteiger partial charge in [-0.2, -0.15) is 0 Å². The van der Waals surface area contributed by atoms with E-state index in [0.717, 1.165) is 20.1 Å². The summed E-state index contributed by atoms with van der Waals surface area (Å²) < 4.78 is 4.56. The monoisotopic (exact) mass is 1090 g/mol. The summed E-state index contributed by atoms with van der Waals surface area (Å²) in [4.78, 5) is 183. The number of nitrogens with one attached hydrogen (secondary N) is 4. The van der Waals surface area contributed by atoms with Crippen molar-refractivity contribution in [2.45, 2.75) is 168 Å². The van der Waals surface area contributed by atoms with Gasteiger partial charge < -0.3 is 62.8 Å². The third-order valence-electron chi connectivity index (χ3n) is 12.9. The van der Waals surface area contributed by atoms with Crippen molar-refractivity contribution in [1.82, 2.24) is 26.2 Å². The van der Waals surface area contributed by atoms with Crippen LogP contribution < -0.4 is 32.7 Å². The van der Waals surface area contributed by atoms with Crippen LogP contribution in [-0.4, -0.2) is 164 Å². The third kappa shape index (κ3) is 24.7. The molecular weight excluding hydrogens is 1010 g/mol. The maximum atomic E-state index is 14.1. The van der Waals surface area contributed by atoms with Crippen molar-refractivity contribution in [3.05, 3.63) is 12.2 Å². The van der Waals surface area contributed by atoms with Gasteiger partial charge in [0.1, 0.15) is 0 Å². The highest BCUT2D eigenvalue weighted by molar-refractivity contribution is 5.99. The van der Waals surface area contributed by atoms with E-state index in [1.165, 1.54) is 17.9 Å². The molecule has 1 fully saturated rings. The molecule has 0 aromatic heterocycles. The van der Waals surface area contributed by atoms with E-state index in [9.17, 15) is 87.5 Å². The summed E-state index contributed by atoms with van der Waals surface area (Å²) in [5.74, 6) is -18.6. The predicted molar refractivity (Wildman–Crippen MR) is 271 cm³/mol. The Bertz CT molecular complexity index is 2160. The van der Waals surface area contributed by atoms with Crippen molar-refractivity contribution in [1.29, 1.82) is 0 Å². The largest absolute Gasteiger partial charge is 0.481 e. The molecule has 10 atom stereocenters. The minimum absolute atomic E-state index is 0.0161. The zero-order valence-electron chi connectivity index (χ0n) is 44.9. The number of ether oxygens (including phenoxy) is 1. The molecule has 7 amide bonds.